The molecule has 3 saturated heterocycles. The number of anilines is 3. The van der Waals surface area contributed by atoms with Crippen molar-refractivity contribution >= 4 is 114 Å². The van der Waals surface area contributed by atoms with Crippen LogP contribution in [0, 0.1) is 5.92 Å². The first-order chi connectivity index (χ1) is 40.2. The number of fused-ring (bicyclic) bond motifs is 4. The lowest BCUT2D eigenvalue weighted by atomic mass is 10.0. The van der Waals surface area contributed by atoms with Crippen LogP contribution in [0.1, 0.15) is 71.9 Å². The Kier molecular flexibility index (Phi) is 20.4. The van der Waals surface area contributed by atoms with Crippen LogP contribution in [0.3, 0.4) is 0 Å². The number of ether oxygens (including phenoxy) is 5. The summed E-state index contributed by atoms with van der Waals surface area (Å²) in [6.07, 6.45) is -10.4. The SMILES string of the molecule is CCC(=O)N[C@H](C(=O)N[C@@H](CCCNC(N)=O)C(=O)Nc1ccc(COC(=O)NCC(C)(C)OC(=O)O[C@@H]2[C@@H]3O[P@](=O)(S)OC[C@H]4O[C@@H](n5cnc6c(N)ncnc65)[C@H](F)[C@@H]4O[P@](=O)(S)OC[C@H]3O[C@H]2n2cnc3c(N)ncnc32)cc1)C(C)C. The lowest BCUT2D eigenvalue weighted by molar-refractivity contribution is -0.132. The van der Waals surface area contributed by atoms with Crippen LogP contribution in [0.25, 0.3) is 22.3 Å². The van der Waals surface area contributed by atoms with Crippen LogP contribution in [0.4, 0.5) is 36.1 Å². The third-order valence-corrected chi connectivity index (χ3v) is 16.4. The number of alkyl carbamates (subject to hydrolysis) is 1. The number of aromatic nitrogens is 8. The van der Waals surface area contributed by atoms with E-state index in [1.165, 1.54) is 47.8 Å². The summed E-state index contributed by atoms with van der Waals surface area (Å²) in [6, 6.07) is 3.46. The Hall–Kier alpha value is -7.01. The highest BCUT2D eigenvalue weighted by Gasteiger charge is 2.56. The van der Waals surface area contributed by atoms with E-state index in [4.69, 9.17) is 59.0 Å². The van der Waals surface area contributed by atoms with Crippen molar-refractivity contribution in [3.63, 3.8) is 0 Å². The zero-order valence-corrected chi connectivity index (χ0v) is 49.6. The molecule has 85 heavy (non-hydrogen) atoms. The molecule has 3 aliphatic heterocycles. The first-order valence-corrected chi connectivity index (χ1v) is 31.6. The Balaban J connectivity index is 0.902. The van der Waals surface area contributed by atoms with Gasteiger partial charge in [-0.25, -0.2) is 57.8 Å². The Morgan fingerprint density at radius 1 is 0.812 bits per heavy atom. The first kappa shape index (κ1) is 64.0. The van der Waals surface area contributed by atoms with E-state index in [2.05, 4.69) is 81.0 Å². The summed E-state index contributed by atoms with van der Waals surface area (Å²) in [4.78, 5) is 102. The van der Waals surface area contributed by atoms with Crippen molar-refractivity contribution in [2.45, 2.75) is 127 Å². The minimum absolute atomic E-state index is 0.0000687. The van der Waals surface area contributed by atoms with E-state index in [0.29, 0.717) is 11.3 Å². The Morgan fingerprint density at radius 2 is 1.39 bits per heavy atom. The molecule has 0 bridgehead atoms. The molecule has 1 aromatic carbocycles. The summed E-state index contributed by atoms with van der Waals surface area (Å²) >= 11 is 8.33. The predicted octanol–water partition coefficient (Wildman–Crippen LogP) is 3.51. The van der Waals surface area contributed by atoms with Gasteiger partial charge in [0.15, 0.2) is 47.7 Å². The molecule has 0 aliphatic carbocycles. The summed E-state index contributed by atoms with van der Waals surface area (Å²) in [6.45, 7) is -3.27. The van der Waals surface area contributed by atoms with Crippen LogP contribution in [-0.4, -0.2) is 156 Å². The molecule has 11 N–H and O–H groups in total. The molecule has 33 nitrogen and oxygen atoms in total. The molecule has 8 rings (SSSR count). The number of nitrogens with zero attached hydrogens (tertiary/aromatic N) is 8. The molecular weight excluding hydrogens is 1210 g/mol. The highest BCUT2D eigenvalue weighted by Crippen LogP contribution is 2.61. The molecule has 0 unspecified atom stereocenters. The average Bonchev–Trinajstić information content (AvgIpc) is 2.04. The van der Waals surface area contributed by atoms with E-state index in [1.54, 1.807) is 32.9 Å². The van der Waals surface area contributed by atoms with Crippen LogP contribution in [0.15, 0.2) is 49.6 Å². The maximum atomic E-state index is 16.5. The number of nitrogen functional groups attached to an aromatic ring is 2. The summed E-state index contributed by atoms with van der Waals surface area (Å²) in [5.41, 5.74) is 16.8. The van der Waals surface area contributed by atoms with Crippen LogP contribution < -0.4 is 43.8 Å². The van der Waals surface area contributed by atoms with E-state index in [9.17, 15) is 37.9 Å². The summed E-state index contributed by atoms with van der Waals surface area (Å²) in [5, 5.41) is 13.1. The fourth-order valence-corrected chi connectivity index (χ4v) is 11.9. The number of nitrogens with two attached hydrogens (primary N) is 3. The van der Waals surface area contributed by atoms with Gasteiger partial charge in [-0.2, -0.15) is 0 Å². The summed E-state index contributed by atoms with van der Waals surface area (Å²) in [5.74, 6) is -1.84. The molecule has 3 fully saturated rings. The minimum atomic E-state index is -4.66. The third-order valence-electron chi connectivity index (χ3n) is 13.2. The molecule has 0 spiro atoms. The maximum Gasteiger partial charge on any atom is 0.509 e. The molecule has 3 aliphatic rings. The summed E-state index contributed by atoms with van der Waals surface area (Å²) in [7, 11) is 0. The lowest BCUT2D eigenvalue weighted by Crippen LogP contribution is -2.54. The van der Waals surface area contributed by atoms with Gasteiger partial charge in [-0.15, -0.1) is 0 Å². The quantitative estimate of drug-likeness (QED) is 0.0245. The number of amides is 6. The molecule has 5 aromatic rings. The number of hydrogen-bond acceptors (Lipinski definition) is 25. The number of rotatable bonds is 19. The molecule has 7 heterocycles. The van der Waals surface area contributed by atoms with Gasteiger partial charge < -0.3 is 67.5 Å². The minimum Gasteiger partial charge on any atom is -0.445 e. The van der Waals surface area contributed by atoms with Gasteiger partial charge in [0.05, 0.1) is 32.4 Å². The van der Waals surface area contributed by atoms with E-state index < -0.39 is 124 Å². The van der Waals surface area contributed by atoms with E-state index in [0.717, 1.165) is 12.7 Å². The average molecular weight is 1270 g/mol. The molecule has 38 heteroatoms. The second-order valence-electron chi connectivity index (χ2n) is 20.4. The highest BCUT2D eigenvalue weighted by molar-refractivity contribution is 8.44. The standard InChI is InChI=1S/C47H63FN16O17P2S2/c1-6-28(65)62-30(22(2)3)41(67)61-25(8-7-13-52-44(51)68)40(66)60-24-11-9-23(10-12-24)14-73-45(69)53-17-47(4,5)79-46(70)78-35-34-27(77-43(35)64-21-59-32-37(50)55-19-57-39(32)64)16-75-82(71,84)80-33-26(15-74-83(72,85)81-34)76-42(29(33)48)63-20-58-31-36(49)54-18-56-38(31)63/h9-12,18-22,25-27,29-30,33-35,42-43H,6-8,13-17H2,1-5H3,(H,53,69)(H,60,66)(H,61,67)(H,62,65)(H,71,84)(H,72,85)(H2,49,54,56)(H2,50,55,57)(H3,51,52,68)/t25-,26+,27+,29+,30-,33+,34+,35+,42+,43+,82+,83+/m0/s1. The Morgan fingerprint density at radius 3 is 1.98 bits per heavy atom. The van der Waals surface area contributed by atoms with Crippen LogP contribution in [-0.2, 0) is 71.9 Å². The fourth-order valence-electron chi connectivity index (χ4n) is 8.97. The van der Waals surface area contributed by atoms with Crippen molar-refractivity contribution in [2.24, 2.45) is 11.7 Å². The molecule has 12 atom stereocenters. The largest absolute Gasteiger partial charge is 0.509 e. The number of alkyl halides is 1. The van der Waals surface area contributed by atoms with Gasteiger partial charge in [0.1, 0.15) is 72.4 Å². The van der Waals surface area contributed by atoms with Gasteiger partial charge in [-0.1, -0.05) is 57.4 Å². The number of thiol groups is 2. The predicted molar refractivity (Wildman–Crippen MR) is 302 cm³/mol. The fraction of sp³-hybridized carbons (Fsp3) is 0.532. The number of hydrogen-bond donors (Lipinski definition) is 10. The molecular formula is C47H63FN16O17P2S2. The monoisotopic (exact) mass is 1270 g/mol. The second kappa shape index (κ2) is 27.1. The van der Waals surface area contributed by atoms with Gasteiger partial charge in [-0.05, 0) is 50.3 Å². The number of benzene rings is 1. The smallest absolute Gasteiger partial charge is 0.445 e. The van der Waals surface area contributed by atoms with Crippen molar-refractivity contribution in [2.75, 3.05) is 43.1 Å². The molecule has 0 radical (unpaired) electrons. The van der Waals surface area contributed by atoms with Gasteiger partial charge in [0, 0.05) is 18.7 Å². The number of primary amides is 1. The van der Waals surface area contributed by atoms with Crippen molar-refractivity contribution in [3.05, 3.63) is 55.1 Å². The molecule has 4 aromatic heterocycles. The van der Waals surface area contributed by atoms with E-state index >= 15 is 4.39 Å². The third kappa shape index (κ3) is 16.1. The van der Waals surface area contributed by atoms with Crippen LogP contribution >= 0.6 is 38.1 Å². The zero-order chi connectivity index (χ0) is 61.5. The lowest BCUT2D eigenvalue weighted by Gasteiger charge is -2.30. The molecule has 0 saturated carbocycles. The number of carbonyl (C=O) groups excluding carboxylic acids is 6. The van der Waals surface area contributed by atoms with Crippen LogP contribution in [0.2, 0.25) is 0 Å². The van der Waals surface area contributed by atoms with Crippen molar-refractivity contribution in [3.8, 4) is 0 Å². The molecule has 462 valence electrons. The topological polar surface area (TPSA) is 445 Å². The number of halogens is 1. The van der Waals surface area contributed by atoms with Crippen molar-refractivity contribution in [1.29, 1.82) is 0 Å². The maximum absolute atomic E-state index is 16.5. The van der Waals surface area contributed by atoms with E-state index in [1.807, 2.05) is 0 Å². The Bertz CT molecular complexity index is 3370. The Labute approximate surface area is 493 Å². The van der Waals surface area contributed by atoms with Gasteiger partial charge >= 0.3 is 31.9 Å². The van der Waals surface area contributed by atoms with E-state index in [-0.39, 0.29) is 84.7 Å². The highest BCUT2D eigenvalue weighted by atomic mass is 32.7. The molecule has 6 amide bonds. The number of nitrogens with one attached hydrogen (secondary N) is 5. The van der Waals surface area contributed by atoms with Crippen molar-refractivity contribution < 1.29 is 84.1 Å². The zero-order valence-electron chi connectivity index (χ0n) is 46.0. The van der Waals surface area contributed by atoms with Gasteiger partial charge in [0.2, 0.25) is 17.7 Å². The number of imidazole rings is 2. The number of carbonyl (C=O) groups is 6. The van der Waals surface area contributed by atoms with Gasteiger partial charge in [0.25, 0.3) is 0 Å². The normalized spacial score (nSPS) is 25.9. The first-order valence-electron chi connectivity index (χ1n) is 26.2. The van der Waals surface area contributed by atoms with Gasteiger partial charge in [-0.3, -0.25) is 41.6 Å². The van der Waals surface area contributed by atoms with Crippen LogP contribution in [0.5, 0.6) is 0 Å². The van der Waals surface area contributed by atoms with Crippen molar-refractivity contribution in [1.82, 2.24) is 60.3 Å². The second-order valence-corrected chi connectivity index (χ2v) is 26.1. The number of urea groups is 1. The summed E-state index contributed by atoms with van der Waals surface area (Å²) < 4.78 is 99.4.